The number of likely N-dealkylation sites (N-methyl/N-ethyl adjacent to an activating group) is 1. The molecule has 0 aromatic heterocycles. The van der Waals surface area contributed by atoms with Crippen LogP contribution in [0.3, 0.4) is 0 Å². The molecule has 0 fully saturated rings. The summed E-state index contributed by atoms with van der Waals surface area (Å²) in [7, 11) is 1.68. The lowest BCUT2D eigenvalue weighted by molar-refractivity contribution is -0.122. The molecule has 0 aliphatic rings. The first kappa shape index (κ1) is 20.7. The lowest BCUT2D eigenvalue weighted by Crippen LogP contribution is -2.43. The summed E-state index contributed by atoms with van der Waals surface area (Å²) in [5, 5.41) is 15.0. The fourth-order valence-corrected chi connectivity index (χ4v) is 2.51. The van der Waals surface area contributed by atoms with E-state index in [0.717, 1.165) is 0 Å². The van der Waals surface area contributed by atoms with Gasteiger partial charge in [0.05, 0.1) is 34.3 Å². The lowest BCUT2D eigenvalue weighted by atomic mass is 10.2. The molecule has 0 spiro atoms. The van der Waals surface area contributed by atoms with Crippen molar-refractivity contribution in [3.8, 4) is 6.07 Å². The molecule has 0 heterocycles. The average molecular weight is 405 g/mol. The van der Waals surface area contributed by atoms with Crippen molar-refractivity contribution in [2.45, 2.75) is 13.0 Å². The minimum absolute atomic E-state index is 0.0161. The Balaban J connectivity index is 1.90. The summed E-state index contributed by atoms with van der Waals surface area (Å²) in [6.45, 7) is 1.72. The molecule has 0 radical (unpaired) electrons. The van der Waals surface area contributed by atoms with Crippen LogP contribution in [0, 0.1) is 11.3 Å². The number of benzene rings is 2. The van der Waals surface area contributed by atoms with E-state index in [0.29, 0.717) is 27.0 Å². The van der Waals surface area contributed by atoms with E-state index in [1.807, 2.05) is 6.07 Å². The SMILES string of the molecule is C[C@H](C(=O)Nc1ccc(C#N)cc1)N(C)CC(=O)Nc1ccc(Cl)c(Cl)c1. The predicted octanol–water partition coefficient (Wildman–Crippen LogP) is 3.76. The first-order valence-corrected chi connectivity index (χ1v) is 8.82. The van der Waals surface area contributed by atoms with E-state index in [4.69, 9.17) is 28.5 Å². The standard InChI is InChI=1S/C19H18Cl2N4O2/c1-12(19(27)24-14-5-3-13(10-22)4-6-14)25(2)11-18(26)23-15-7-8-16(20)17(21)9-15/h3-9,12H,11H2,1-2H3,(H,23,26)(H,24,27)/t12-/m1/s1. The normalized spacial score (nSPS) is 11.6. The van der Waals surface area contributed by atoms with Crippen LogP contribution in [-0.2, 0) is 9.59 Å². The number of nitrogens with zero attached hydrogens (tertiary/aromatic N) is 2. The largest absolute Gasteiger partial charge is 0.325 e. The minimum atomic E-state index is -0.541. The Morgan fingerprint density at radius 3 is 2.30 bits per heavy atom. The maximum absolute atomic E-state index is 12.3. The minimum Gasteiger partial charge on any atom is -0.325 e. The number of carbonyl (C=O) groups excluding carboxylic acids is 2. The number of carbonyl (C=O) groups is 2. The van der Waals surface area contributed by atoms with Crippen LogP contribution in [0.5, 0.6) is 0 Å². The van der Waals surface area contributed by atoms with Gasteiger partial charge in [-0.15, -0.1) is 0 Å². The number of nitriles is 1. The maximum Gasteiger partial charge on any atom is 0.241 e. The molecule has 140 valence electrons. The number of anilines is 2. The second-order valence-corrected chi connectivity index (χ2v) is 6.76. The number of hydrogen-bond donors (Lipinski definition) is 2. The smallest absolute Gasteiger partial charge is 0.241 e. The van der Waals surface area contributed by atoms with Crippen molar-refractivity contribution in [2.24, 2.45) is 0 Å². The first-order valence-electron chi connectivity index (χ1n) is 8.06. The Morgan fingerprint density at radius 2 is 1.70 bits per heavy atom. The molecule has 6 nitrogen and oxygen atoms in total. The van der Waals surface area contributed by atoms with E-state index in [9.17, 15) is 9.59 Å². The number of amides is 2. The molecule has 2 aromatic rings. The van der Waals surface area contributed by atoms with Crippen molar-refractivity contribution in [3.05, 3.63) is 58.1 Å². The predicted molar refractivity (Wildman–Crippen MR) is 107 cm³/mol. The van der Waals surface area contributed by atoms with E-state index < -0.39 is 6.04 Å². The quantitative estimate of drug-likeness (QED) is 0.767. The molecule has 2 rings (SSSR count). The van der Waals surface area contributed by atoms with Crippen molar-refractivity contribution in [3.63, 3.8) is 0 Å². The highest BCUT2D eigenvalue weighted by Gasteiger charge is 2.20. The van der Waals surface area contributed by atoms with Crippen molar-refractivity contribution >= 4 is 46.4 Å². The monoisotopic (exact) mass is 404 g/mol. The van der Waals surface area contributed by atoms with Crippen LogP contribution in [0.25, 0.3) is 0 Å². The molecular formula is C19H18Cl2N4O2. The zero-order chi connectivity index (χ0) is 20.0. The van der Waals surface area contributed by atoms with Crippen molar-refractivity contribution in [2.75, 3.05) is 24.2 Å². The molecular weight excluding hydrogens is 387 g/mol. The molecule has 2 aromatic carbocycles. The van der Waals surface area contributed by atoms with Gasteiger partial charge in [-0.25, -0.2) is 0 Å². The second kappa shape index (κ2) is 9.38. The third kappa shape index (κ3) is 5.97. The van der Waals surface area contributed by atoms with Crippen LogP contribution >= 0.6 is 23.2 Å². The van der Waals surface area contributed by atoms with Crippen LogP contribution in [0.1, 0.15) is 12.5 Å². The molecule has 1 atom stereocenters. The van der Waals surface area contributed by atoms with Gasteiger partial charge >= 0.3 is 0 Å². The molecule has 0 aliphatic carbocycles. The highest BCUT2D eigenvalue weighted by molar-refractivity contribution is 6.42. The number of rotatable bonds is 6. The van der Waals surface area contributed by atoms with Gasteiger partial charge in [0, 0.05) is 11.4 Å². The van der Waals surface area contributed by atoms with Crippen LogP contribution in [0.15, 0.2) is 42.5 Å². The van der Waals surface area contributed by atoms with Crippen molar-refractivity contribution in [1.82, 2.24) is 4.90 Å². The van der Waals surface area contributed by atoms with Crippen LogP contribution in [0.4, 0.5) is 11.4 Å². The zero-order valence-corrected chi connectivity index (χ0v) is 16.3. The summed E-state index contributed by atoms with van der Waals surface area (Å²) < 4.78 is 0. The summed E-state index contributed by atoms with van der Waals surface area (Å²) in [6, 6.07) is 12.8. The molecule has 27 heavy (non-hydrogen) atoms. The Hall–Kier alpha value is -2.59. The van der Waals surface area contributed by atoms with Gasteiger partial charge in [0.25, 0.3) is 0 Å². The zero-order valence-electron chi connectivity index (χ0n) is 14.8. The topological polar surface area (TPSA) is 85.2 Å². The van der Waals surface area contributed by atoms with Gasteiger partial charge in [0.15, 0.2) is 0 Å². The summed E-state index contributed by atoms with van der Waals surface area (Å²) in [5.74, 6) is -0.543. The van der Waals surface area contributed by atoms with Gasteiger partial charge in [0.2, 0.25) is 11.8 Å². The van der Waals surface area contributed by atoms with Gasteiger partial charge in [-0.1, -0.05) is 23.2 Å². The van der Waals surface area contributed by atoms with Crippen LogP contribution in [-0.4, -0.2) is 36.3 Å². The van der Waals surface area contributed by atoms with E-state index in [1.54, 1.807) is 61.3 Å². The Morgan fingerprint density at radius 1 is 1.07 bits per heavy atom. The van der Waals surface area contributed by atoms with E-state index >= 15 is 0 Å². The van der Waals surface area contributed by atoms with Gasteiger partial charge in [-0.3, -0.25) is 14.5 Å². The Labute approximate surface area is 167 Å². The molecule has 8 heteroatoms. The molecule has 0 saturated heterocycles. The molecule has 0 saturated carbocycles. The highest BCUT2D eigenvalue weighted by Crippen LogP contribution is 2.25. The maximum atomic E-state index is 12.3. The molecule has 0 bridgehead atoms. The van der Waals surface area contributed by atoms with Gasteiger partial charge < -0.3 is 10.6 Å². The second-order valence-electron chi connectivity index (χ2n) is 5.95. The average Bonchev–Trinajstić information content (AvgIpc) is 2.64. The number of halogens is 2. The summed E-state index contributed by atoms with van der Waals surface area (Å²) in [5.41, 5.74) is 1.62. The third-order valence-corrected chi connectivity index (χ3v) is 4.66. The van der Waals surface area contributed by atoms with E-state index in [-0.39, 0.29) is 18.4 Å². The van der Waals surface area contributed by atoms with E-state index in [2.05, 4.69) is 10.6 Å². The number of hydrogen-bond acceptors (Lipinski definition) is 4. The van der Waals surface area contributed by atoms with Crippen LogP contribution < -0.4 is 10.6 Å². The first-order chi connectivity index (χ1) is 12.8. The van der Waals surface area contributed by atoms with Crippen molar-refractivity contribution < 1.29 is 9.59 Å². The molecule has 2 amide bonds. The van der Waals surface area contributed by atoms with Gasteiger partial charge in [-0.2, -0.15) is 5.26 Å². The molecule has 0 aliphatic heterocycles. The van der Waals surface area contributed by atoms with Crippen LogP contribution in [0.2, 0.25) is 10.0 Å². The Kier molecular flexibility index (Phi) is 7.19. The molecule has 0 unspecified atom stereocenters. The van der Waals surface area contributed by atoms with Gasteiger partial charge in [0.1, 0.15) is 0 Å². The molecule has 2 N–H and O–H groups in total. The lowest BCUT2D eigenvalue weighted by Gasteiger charge is -2.23. The fourth-order valence-electron chi connectivity index (χ4n) is 2.21. The summed E-state index contributed by atoms with van der Waals surface area (Å²) >= 11 is 11.8. The summed E-state index contributed by atoms with van der Waals surface area (Å²) in [6.07, 6.45) is 0. The third-order valence-electron chi connectivity index (χ3n) is 3.92. The number of nitrogens with one attached hydrogen (secondary N) is 2. The highest BCUT2D eigenvalue weighted by atomic mass is 35.5. The summed E-state index contributed by atoms with van der Waals surface area (Å²) in [4.78, 5) is 26.1. The fraction of sp³-hybridized carbons (Fsp3) is 0.211. The Bertz CT molecular complexity index is 878. The van der Waals surface area contributed by atoms with E-state index in [1.165, 1.54) is 0 Å². The van der Waals surface area contributed by atoms with Crippen molar-refractivity contribution in [1.29, 1.82) is 5.26 Å². The van der Waals surface area contributed by atoms with Gasteiger partial charge in [-0.05, 0) is 56.4 Å².